The molecule has 0 radical (unpaired) electrons. The molecule has 2 nitrogen and oxygen atoms in total. The second-order valence-electron chi connectivity index (χ2n) is 8.21. The molecule has 2 N–H and O–H groups in total. The van der Waals surface area contributed by atoms with Crippen LogP contribution in [-0.2, 0) is 6.42 Å². The van der Waals surface area contributed by atoms with Crippen LogP contribution in [0.15, 0.2) is 38.6 Å². The lowest BCUT2D eigenvalue weighted by Gasteiger charge is -2.18. The Morgan fingerprint density at radius 1 is 1.13 bits per heavy atom. The van der Waals surface area contributed by atoms with Gasteiger partial charge in [-0.05, 0) is 102 Å². The minimum atomic E-state index is 0.787. The maximum absolute atomic E-state index is 3.62. The van der Waals surface area contributed by atoms with Crippen LogP contribution in [0.5, 0.6) is 0 Å². The summed E-state index contributed by atoms with van der Waals surface area (Å²) in [5.74, 6) is 2.51. The maximum atomic E-state index is 3.62. The molecule has 0 aliphatic heterocycles. The second kappa shape index (κ2) is 19.6. The lowest BCUT2D eigenvalue weighted by Crippen LogP contribution is -2.12. The first-order valence-electron chi connectivity index (χ1n) is 11.5. The van der Waals surface area contributed by atoms with Gasteiger partial charge in [0.15, 0.2) is 0 Å². The van der Waals surface area contributed by atoms with Gasteiger partial charge in [0.1, 0.15) is 0 Å². The van der Waals surface area contributed by atoms with Gasteiger partial charge in [0.05, 0.1) is 0 Å². The van der Waals surface area contributed by atoms with Gasteiger partial charge < -0.3 is 10.6 Å². The fourth-order valence-corrected chi connectivity index (χ4v) is 4.31. The minimum absolute atomic E-state index is 0.787. The highest BCUT2D eigenvalue weighted by molar-refractivity contribution is 7.12. The first kappa shape index (κ1) is 30.9. The standard InChI is InChI=1S/C11H16S.C5H13N.C5H8.C4H9N.C2H4/c1-7-5-4-6-10-8(2)9(3)12-11(7)10;1-5(2)4-6-3;1-2-5-3-4-5;1-3-5-4-2;1-2/h7H,4-6H2,1-3H3;5-6H,4H2,1-3H3;2,5H,1,3-4H2;3,5H,1,4H2,2H3;1-2H2. The third-order valence-electron chi connectivity index (χ3n) is 4.97. The molecule has 3 heteroatoms. The Morgan fingerprint density at radius 3 is 2.00 bits per heavy atom. The monoisotopic (exact) mass is 434 g/mol. The molecule has 0 saturated heterocycles. The lowest BCUT2D eigenvalue weighted by atomic mass is 9.89. The fourth-order valence-electron chi connectivity index (χ4n) is 3.01. The molecule has 3 rings (SSSR count). The summed E-state index contributed by atoms with van der Waals surface area (Å²) in [6.45, 7) is 28.5. The van der Waals surface area contributed by atoms with Crippen LogP contribution in [-0.4, -0.2) is 20.1 Å². The predicted octanol–water partition coefficient (Wildman–Crippen LogP) is 7.79. The quantitative estimate of drug-likeness (QED) is 0.462. The second-order valence-corrected chi connectivity index (χ2v) is 9.46. The van der Waals surface area contributed by atoms with Crippen LogP contribution >= 0.6 is 11.3 Å². The molecule has 0 bridgehead atoms. The average molecular weight is 435 g/mol. The third kappa shape index (κ3) is 14.6. The molecule has 2 aliphatic rings. The van der Waals surface area contributed by atoms with E-state index in [0.717, 1.165) is 30.8 Å². The summed E-state index contributed by atoms with van der Waals surface area (Å²) < 4.78 is 0. The Kier molecular flexibility index (Phi) is 20.2. The van der Waals surface area contributed by atoms with Crippen LogP contribution in [0.3, 0.4) is 0 Å². The number of allylic oxidation sites excluding steroid dienone is 1. The summed E-state index contributed by atoms with van der Waals surface area (Å²) in [4.78, 5) is 3.21. The van der Waals surface area contributed by atoms with E-state index in [1.54, 1.807) is 22.2 Å². The summed E-state index contributed by atoms with van der Waals surface area (Å²) in [6, 6.07) is 0. The zero-order valence-electron chi connectivity index (χ0n) is 21.1. The molecule has 0 amide bonds. The summed E-state index contributed by atoms with van der Waals surface area (Å²) in [5, 5.41) is 5.94. The van der Waals surface area contributed by atoms with E-state index < -0.39 is 0 Å². The van der Waals surface area contributed by atoms with Crippen molar-refractivity contribution in [2.24, 2.45) is 11.8 Å². The Bertz CT molecular complexity index is 555. The first-order chi connectivity index (χ1) is 14.3. The summed E-state index contributed by atoms with van der Waals surface area (Å²) in [5.41, 5.74) is 3.25. The molecule has 30 heavy (non-hydrogen) atoms. The van der Waals surface area contributed by atoms with Gasteiger partial charge in [0.25, 0.3) is 0 Å². The summed E-state index contributed by atoms with van der Waals surface area (Å²) in [7, 11) is 1.97. The molecule has 2 aliphatic carbocycles. The van der Waals surface area contributed by atoms with Crippen molar-refractivity contribution in [3.8, 4) is 0 Å². The lowest BCUT2D eigenvalue weighted by molar-refractivity contribution is 0.595. The SMILES string of the molecule is C=C.C=CC1CC1.C=CNCC.CNCC(C)C.Cc1sc2c(c1C)CCCC2C. The molecule has 1 atom stereocenters. The van der Waals surface area contributed by atoms with E-state index in [0.29, 0.717) is 0 Å². The molecule has 0 aromatic carbocycles. The number of nitrogens with one attached hydrogen (secondary N) is 2. The number of aryl methyl sites for hydroxylation is 1. The van der Waals surface area contributed by atoms with Gasteiger partial charge in [0, 0.05) is 16.3 Å². The normalized spacial score (nSPS) is 15.9. The minimum Gasteiger partial charge on any atom is -0.392 e. The van der Waals surface area contributed by atoms with Crippen molar-refractivity contribution in [2.75, 3.05) is 20.1 Å². The smallest absolute Gasteiger partial charge is 0.0112 e. The van der Waals surface area contributed by atoms with E-state index in [2.05, 4.69) is 71.6 Å². The first-order valence-corrected chi connectivity index (χ1v) is 12.3. The topological polar surface area (TPSA) is 24.1 Å². The van der Waals surface area contributed by atoms with E-state index in [-0.39, 0.29) is 0 Å². The molecule has 1 aromatic rings. The molecule has 1 aromatic heterocycles. The van der Waals surface area contributed by atoms with Gasteiger partial charge in [0.2, 0.25) is 0 Å². The van der Waals surface area contributed by atoms with Gasteiger partial charge in [-0.15, -0.1) is 31.1 Å². The number of hydrogen-bond acceptors (Lipinski definition) is 3. The number of hydrogen-bond donors (Lipinski definition) is 2. The van der Waals surface area contributed by atoms with Crippen LogP contribution in [0.2, 0.25) is 0 Å². The molecule has 1 saturated carbocycles. The van der Waals surface area contributed by atoms with Crippen molar-refractivity contribution in [3.63, 3.8) is 0 Å². The van der Waals surface area contributed by atoms with Crippen molar-refractivity contribution in [3.05, 3.63) is 59.5 Å². The molecular weight excluding hydrogens is 384 g/mol. The highest BCUT2D eigenvalue weighted by Crippen LogP contribution is 2.39. The van der Waals surface area contributed by atoms with Gasteiger partial charge in [-0.3, -0.25) is 0 Å². The Labute approximate surface area is 193 Å². The average Bonchev–Trinajstić information content (AvgIpc) is 3.52. The van der Waals surface area contributed by atoms with Gasteiger partial charge in [-0.2, -0.15) is 0 Å². The molecule has 0 spiro atoms. The van der Waals surface area contributed by atoms with Crippen LogP contribution < -0.4 is 10.6 Å². The highest BCUT2D eigenvalue weighted by atomic mass is 32.1. The van der Waals surface area contributed by atoms with Crippen molar-refractivity contribution >= 4 is 11.3 Å². The van der Waals surface area contributed by atoms with Crippen LogP contribution in [0.4, 0.5) is 0 Å². The number of thiophene rings is 1. The van der Waals surface area contributed by atoms with Gasteiger partial charge in [-0.1, -0.05) is 33.4 Å². The Morgan fingerprint density at radius 2 is 1.73 bits per heavy atom. The number of fused-ring (bicyclic) bond motifs is 1. The van der Waals surface area contributed by atoms with Gasteiger partial charge >= 0.3 is 0 Å². The van der Waals surface area contributed by atoms with Crippen molar-refractivity contribution in [1.82, 2.24) is 10.6 Å². The van der Waals surface area contributed by atoms with Gasteiger partial charge in [-0.25, -0.2) is 0 Å². The van der Waals surface area contributed by atoms with Crippen molar-refractivity contribution in [1.29, 1.82) is 0 Å². The number of rotatable bonds is 5. The van der Waals surface area contributed by atoms with Crippen molar-refractivity contribution in [2.45, 2.75) is 79.6 Å². The third-order valence-corrected chi connectivity index (χ3v) is 6.45. The van der Waals surface area contributed by atoms with E-state index >= 15 is 0 Å². The van der Waals surface area contributed by atoms with E-state index in [1.807, 2.05) is 31.4 Å². The predicted molar refractivity (Wildman–Crippen MR) is 142 cm³/mol. The van der Waals surface area contributed by atoms with E-state index in [9.17, 15) is 0 Å². The Hall–Kier alpha value is -1.32. The van der Waals surface area contributed by atoms with Crippen LogP contribution in [0, 0.1) is 25.7 Å². The zero-order chi connectivity index (χ0) is 23.5. The van der Waals surface area contributed by atoms with E-state index in [4.69, 9.17) is 0 Å². The molecule has 174 valence electrons. The molecule has 1 heterocycles. The molecular formula is C27H50N2S. The van der Waals surface area contributed by atoms with Crippen LogP contribution in [0.1, 0.15) is 80.2 Å². The van der Waals surface area contributed by atoms with Crippen LogP contribution in [0.25, 0.3) is 0 Å². The largest absolute Gasteiger partial charge is 0.392 e. The maximum Gasteiger partial charge on any atom is 0.0112 e. The highest BCUT2D eigenvalue weighted by Gasteiger charge is 2.21. The Balaban J connectivity index is 0. The summed E-state index contributed by atoms with van der Waals surface area (Å²) >= 11 is 2.02. The van der Waals surface area contributed by atoms with Crippen molar-refractivity contribution < 1.29 is 0 Å². The summed E-state index contributed by atoms with van der Waals surface area (Å²) in [6.07, 6.45) is 10.6. The zero-order valence-corrected chi connectivity index (χ0v) is 21.9. The molecule has 1 unspecified atom stereocenters. The van der Waals surface area contributed by atoms with E-state index in [1.165, 1.54) is 37.0 Å². The fraction of sp³-hybridized carbons (Fsp3) is 0.630. The molecule has 1 fully saturated rings.